The average Bonchev–Trinajstić information content (AvgIpc) is 3.22. The monoisotopic (exact) mass is 290 g/mol. The number of hydrogen-bond acceptors (Lipinski definition) is 4. The molecule has 1 amide bonds. The van der Waals surface area contributed by atoms with Gasteiger partial charge in [-0.05, 0) is 31.4 Å². The fourth-order valence-corrected chi connectivity index (χ4v) is 2.20. The Morgan fingerprint density at radius 1 is 1.48 bits per heavy atom. The Labute approximate surface area is 127 Å². The van der Waals surface area contributed by atoms with E-state index in [0.29, 0.717) is 18.5 Å². The summed E-state index contributed by atoms with van der Waals surface area (Å²) in [4.78, 5) is 18.2. The average molecular weight is 290 g/mol. The number of hydrogen-bond donors (Lipinski definition) is 2. The minimum atomic E-state index is 0.0757. The van der Waals surface area contributed by atoms with Gasteiger partial charge in [-0.25, -0.2) is 4.98 Å². The third-order valence-electron chi connectivity index (χ3n) is 3.42. The number of rotatable bonds is 8. The zero-order valence-electron chi connectivity index (χ0n) is 13.2. The van der Waals surface area contributed by atoms with Crippen molar-refractivity contribution in [3.8, 4) is 0 Å². The molecule has 21 heavy (non-hydrogen) atoms. The first-order chi connectivity index (χ1) is 10.1. The van der Waals surface area contributed by atoms with Gasteiger partial charge in [-0.2, -0.15) is 0 Å². The van der Waals surface area contributed by atoms with Gasteiger partial charge in [-0.3, -0.25) is 4.79 Å². The lowest BCUT2D eigenvalue weighted by Crippen LogP contribution is -2.37. The van der Waals surface area contributed by atoms with Crippen LogP contribution in [0.4, 0.5) is 5.82 Å². The first kappa shape index (κ1) is 15.8. The van der Waals surface area contributed by atoms with Crippen LogP contribution in [0.25, 0.3) is 0 Å². The van der Waals surface area contributed by atoms with Gasteiger partial charge in [-0.1, -0.05) is 19.9 Å². The van der Waals surface area contributed by atoms with E-state index >= 15 is 0 Å². The molecule has 0 bridgehead atoms. The summed E-state index contributed by atoms with van der Waals surface area (Å²) in [5.41, 5.74) is 1.12. The lowest BCUT2D eigenvalue weighted by molar-refractivity contribution is -0.119. The molecule has 2 rings (SSSR count). The standard InChI is InChI=1S/C16H26N4O/c1-12(2)9-17-10-13-5-4-8-18-16(13)20(3)11-15(21)19-14-6-7-14/h4-5,8,12,14,17H,6-7,9-11H2,1-3H3,(H,19,21). The van der Waals surface area contributed by atoms with Gasteiger partial charge in [0.15, 0.2) is 0 Å². The molecule has 5 nitrogen and oxygen atoms in total. The molecule has 2 N–H and O–H groups in total. The predicted molar refractivity (Wildman–Crippen MR) is 85.2 cm³/mol. The molecule has 0 atom stereocenters. The molecule has 1 aliphatic carbocycles. The van der Waals surface area contributed by atoms with Gasteiger partial charge in [0.1, 0.15) is 5.82 Å². The van der Waals surface area contributed by atoms with Crippen LogP contribution in [0.1, 0.15) is 32.3 Å². The second kappa shape index (κ2) is 7.41. The highest BCUT2D eigenvalue weighted by atomic mass is 16.2. The summed E-state index contributed by atoms with van der Waals surface area (Å²) < 4.78 is 0. The maximum absolute atomic E-state index is 11.9. The third kappa shape index (κ3) is 5.34. The van der Waals surface area contributed by atoms with Crippen molar-refractivity contribution in [3.63, 3.8) is 0 Å². The van der Waals surface area contributed by atoms with Gasteiger partial charge in [0.05, 0.1) is 6.54 Å². The van der Waals surface area contributed by atoms with Gasteiger partial charge < -0.3 is 15.5 Å². The normalized spacial score (nSPS) is 14.3. The minimum Gasteiger partial charge on any atom is -0.352 e. The summed E-state index contributed by atoms with van der Waals surface area (Å²) in [5, 5.41) is 6.43. The highest BCUT2D eigenvalue weighted by molar-refractivity contribution is 5.81. The lowest BCUT2D eigenvalue weighted by atomic mass is 10.2. The van der Waals surface area contributed by atoms with Crippen LogP contribution in [0.5, 0.6) is 0 Å². The summed E-state index contributed by atoms with van der Waals surface area (Å²) in [5.74, 6) is 1.57. The summed E-state index contributed by atoms with van der Waals surface area (Å²) >= 11 is 0. The molecular weight excluding hydrogens is 264 g/mol. The highest BCUT2D eigenvalue weighted by Crippen LogP contribution is 2.19. The molecule has 5 heteroatoms. The highest BCUT2D eigenvalue weighted by Gasteiger charge is 2.24. The molecular formula is C16H26N4O. The van der Waals surface area contributed by atoms with Crippen molar-refractivity contribution < 1.29 is 4.79 Å². The van der Waals surface area contributed by atoms with E-state index in [-0.39, 0.29) is 5.91 Å². The van der Waals surface area contributed by atoms with E-state index in [1.807, 2.05) is 18.0 Å². The van der Waals surface area contributed by atoms with Gasteiger partial charge >= 0.3 is 0 Å². The van der Waals surface area contributed by atoms with Crippen molar-refractivity contribution in [1.82, 2.24) is 15.6 Å². The molecule has 0 saturated heterocycles. The summed E-state index contributed by atoms with van der Waals surface area (Å²) in [6, 6.07) is 4.40. The fraction of sp³-hybridized carbons (Fsp3) is 0.625. The Hall–Kier alpha value is -1.62. The largest absolute Gasteiger partial charge is 0.352 e. The summed E-state index contributed by atoms with van der Waals surface area (Å²) in [6.07, 6.45) is 4.00. The van der Waals surface area contributed by atoms with Crippen LogP contribution >= 0.6 is 0 Å². The van der Waals surface area contributed by atoms with E-state index in [4.69, 9.17) is 0 Å². The molecule has 1 fully saturated rings. The van der Waals surface area contributed by atoms with Crippen molar-refractivity contribution in [2.24, 2.45) is 5.92 Å². The maximum Gasteiger partial charge on any atom is 0.239 e. The van der Waals surface area contributed by atoms with Crippen LogP contribution in [0.15, 0.2) is 18.3 Å². The zero-order valence-corrected chi connectivity index (χ0v) is 13.2. The quantitative estimate of drug-likeness (QED) is 0.762. The van der Waals surface area contributed by atoms with E-state index in [2.05, 4.69) is 35.5 Å². The summed E-state index contributed by atoms with van der Waals surface area (Å²) in [6.45, 7) is 6.47. The lowest BCUT2D eigenvalue weighted by Gasteiger charge is -2.21. The Bertz CT molecular complexity index is 471. The van der Waals surface area contributed by atoms with Gasteiger partial charge in [0.25, 0.3) is 0 Å². The van der Waals surface area contributed by atoms with Crippen LogP contribution in [0, 0.1) is 5.92 Å². The number of carbonyl (C=O) groups is 1. The van der Waals surface area contributed by atoms with Crippen molar-refractivity contribution >= 4 is 11.7 Å². The summed E-state index contributed by atoms with van der Waals surface area (Å²) in [7, 11) is 1.92. The van der Waals surface area contributed by atoms with Crippen LogP contribution in [-0.4, -0.2) is 37.1 Å². The number of carbonyl (C=O) groups excluding carboxylic acids is 1. The van der Waals surface area contributed by atoms with E-state index in [1.165, 1.54) is 0 Å². The van der Waals surface area contributed by atoms with Crippen LogP contribution in [0.2, 0.25) is 0 Å². The van der Waals surface area contributed by atoms with Crippen molar-refractivity contribution in [3.05, 3.63) is 23.9 Å². The Morgan fingerprint density at radius 2 is 2.24 bits per heavy atom. The van der Waals surface area contributed by atoms with E-state index < -0.39 is 0 Å². The smallest absolute Gasteiger partial charge is 0.239 e. The van der Waals surface area contributed by atoms with Crippen molar-refractivity contribution in [2.45, 2.75) is 39.3 Å². The molecule has 0 spiro atoms. The molecule has 0 unspecified atom stereocenters. The fourth-order valence-electron chi connectivity index (χ4n) is 2.20. The molecule has 1 heterocycles. The van der Waals surface area contributed by atoms with Gasteiger partial charge in [0.2, 0.25) is 5.91 Å². The second-order valence-corrected chi connectivity index (χ2v) is 6.21. The van der Waals surface area contributed by atoms with E-state index in [0.717, 1.165) is 37.3 Å². The predicted octanol–water partition coefficient (Wildman–Crippen LogP) is 1.54. The van der Waals surface area contributed by atoms with Gasteiger partial charge in [0, 0.05) is 31.4 Å². The number of aromatic nitrogens is 1. The van der Waals surface area contributed by atoms with E-state index in [1.54, 1.807) is 6.20 Å². The molecule has 116 valence electrons. The molecule has 1 aromatic heterocycles. The minimum absolute atomic E-state index is 0.0757. The second-order valence-electron chi connectivity index (χ2n) is 6.21. The number of nitrogens with zero attached hydrogens (tertiary/aromatic N) is 2. The topological polar surface area (TPSA) is 57.3 Å². The molecule has 0 aromatic carbocycles. The van der Waals surface area contributed by atoms with Crippen LogP contribution in [0.3, 0.4) is 0 Å². The van der Waals surface area contributed by atoms with Crippen LogP contribution < -0.4 is 15.5 Å². The first-order valence-corrected chi connectivity index (χ1v) is 7.71. The number of pyridine rings is 1. The van der Waals surface area contributed by atoms with Crippen molar-refractivity contribution in [2.75, 3.05) is 25.0 Å². The maximum atomic E-state index is 11.9. The number of likely N-dealkylation sites (N-methyl/N-ethyl adjacent to an activating group) is 1. The first-order valence-electron chi connectivity index (χ1n) is 7.71. The van der Waals surface area contributed by atoms with Crippen LogP contribution in [-0.2, 0) is 11.3 Å². The zero-order chi connectivity index (χ0) is 15.2. The Balaban J connectivity index is 1.91. The Morgan fingerprint density at radius 3 is 2.90 bits per heavy atom. The molecule has 0 radical (unpaired) electrons. The SMILES string of the molecule is CC(C)CNCc1cccnc1N(C)CC(=O)NC1CC1. The van der Waals surface area contributed by atoms with Crippen molar-refractivity contribution in [1.29, 1.82) is 0 Å². The molecule has 0 aliphatic heterocycles. The number of nitrogens with one attached hydrogen (secondary N) is 2. The van der Waals surface area contributed by atoms with Gasteiger partial charge in [-0.15, -0.1) is 0 Å². The van der Waals surface area contributed by atoms with E-state index in [9.17, 15) is 4.79 Å². The molecule has 1 saturated carbocycles. The molecule has 1 aliphatic rings. The number of amides is 1. The Kier molecular flexibility index (Phi) is 5.56. The number of anilines is 1. The molecule has 1 aromatic rings. The third-order valence-corrected chi connectivity index (χ3v) is 3.42.